The maximum absolute atomic E-state index is 12.1. The fourth-order valence-corrected chi connectivity index (χ4v) is 2.62. The zero-order chi connectivity index (χ0) is 13.8. The van der Waals surface area contributed by atoms with Crippen LogP contribution in [-0.4, -0.2) is 15.0 Å². The number of hydrogen-bond acceptors (Lipinski definition) is 3. The molecule has 0 bridgehead atoms. The normalized spacial score (nSPS) is 10.8. The molecule has 0 saturated heterocycles. The Morgan fingerprint density at radius 2 is 2.11 bits per heavy atom. The lowest BCUT2D eigenvalue weighted by Crippen LogP contribution is -2.24. The summed E-state index contributed by atoms with van der Waals surface area (Å²) in [4.78, 5) is 0.156. The van der Waals surface area contributed by atoms with E-state index in [2.05, 4.69) is 4.72 Å². The second-order valence-corrected chi connectivity index (χ2v) is 5.96. The molecule has 0 fully saturated rings. The van der Waals surface area contributed by atoms with E-state index in [1.807, 2.05) is 19.9 Å². The summed E-state index contributed by atoms with van der Waals surface area (Å²) in [6.07, 6.45) is 1.79. The smallest absolute Gasteiger partial charge is 0.207 e. The summed E-state index contributed by atoms with van der Waals surface area (Å²) >= 11 is 0. The van der Waals surface area contributed by atoms with Crippen LogP contribution in [-0.2, 0) is 10.0 Å². The van der Waals surface area contributed by atoms with Crippen LogP contribution in [0, 0.1) is 18.3 Å². The van der Waals surface area contributed by atoms with Gasteiger partial charge in [-0.25, -0.2) is 13.1 Å². The van der Waals surface area contributed by atoms with Crippen LogP contribution in [0.2, 0.25) is 0 Å². The minimum atomic E-state index is -3.56. The van der Waals surface area contributed by atoms with Gasteiger partial charge in [-0.15, -0.1) is 0 Å². The second kappa shape index (κ2) is 5.80. The molecule has 1 N–H and O–H groups in total. The summed E-state index contributed by atoms with van der Waals surface area (Å²) in [7, 11) is -3.56. The molecule has 1 rings (SSSR count). The number of hydrogen-bond donors (Lipinski definition) is 1. The van der Waals surface area contributed by atoms with Crippen molar-refractivity contribution in [3.63, 3.8) is 0 Å². The van der Waals surface area contributed by atoms with E-state index >= 15 is 0 Å². The van der Waals surface area contributed by atoms with E-state index in [1.54, 1.807) is 25.1 Å². The van der Waals surface area contributed by atoms with Gasteiger partial charge in [0, 0.05) is 6.54 Å². The van der Waals surface area contributed by atoms with Crippen molar-refractivity contribution >= 4 is 10.0 Å². The van der Waals surface area contributed by atoms with Crippen LogP contribution < -0.4 is 4.72 Å². The van der Waals surface area contributed by atoms with E-state index in [-0.39, 0.29) is 11.4 Å². The van der Waals surface area contributed by atoms with Gasteiger partial charge in [0.2, 0.25) is 10.0 Å². The molecular weight excluding hydrogens is 248 g/mol. The summed E-state index contributed by atoms with van der Waals surface area (Å²) in [6, 6.07) is 6.56. The van der Waals surface area contributed by atoms with Crippen molar-refractivity contribution in [1.29, 1.82) is 5.26 Å². The van der Waals surface area contributed by atoms with Gasteiger partial charge in [-0.3, -0.25) is 0 Å². The Morgan fingerprint density at radius 3 is 2.67 bits per heavy atom. The topological polar surface area (TPSA) is 70.0 Å². The summed E-state index contributed by atoms with van der Waals surface area (Å²) in [5.41, 5.74) is 2.00. The summed E-state index contributed by atoms with van der Waals surface area (Å²) < 4.78 is 26.6. The predicted octanol–water partition coefficient (Wildman–Crippen LogP) is 2.11. The molecule has 5 heteroatoms. The molecule has 4 nitrogen and oxygen atoms in total. The fraction of sp³-hybridized carbons (Fsp3) is 0.308. The average molecular weight is 264 g/mol. The Morgan fingerprint density at radius 1 is 1.44 bits per heavy atom. The lowest BCUT2D eigenvalue weighted by molar-refractivity contribution is 0.585. The lowest BCUT2D eigenvalue weighted by atomic mass is 10.2. The molecule has 0 aliphatic carbocycles. The number of sulfonamides is 1. The van der Waals surface area contributed by atoms with Gasteiger partial charge in [-0.1, -0.05) is 17.7 Å². The number of aryl methyl sites for hydroxylation is 1. The lowest BCUT2D eigenvalue weighted by Gasteiger charge is -2.08. The Kier molecular flexibility index (Phi) is 4.65. The number of benzene rings is 1. The van der Waals surface area contributed by atoms with Crippen molar-refractivity contribution < 1.29 is 8.42 Å². The van der Waals surface area contributed by atoms with E-state index in [4.69, 9.17) is 5.26 Å². The summed E-state index contributed by atoms with van der Waals surface area (Å²) in [5, 5.41) is 8.79. The molecule has 0 heterocycles. The molecule has 0 radical (unpaired) electrons. The molecule has 0 aromatic heterocycles. The minimum Gasteiger partial charge on any atom is -0.207 e. The monoisotopic (exact) mass is 264 g/mol. The first-order chi connectivity index (χ1) is 8.36. The molecule has 0 spiro atoms. The third-order valence-electron chi connectivity index (χ3n) is 2.39. The van der Waals surface area contributed by atoms with Gasteiger partial charge in [0.15, 0.2) is 0 Å². The molecule has 96 valence electrons. The van der Waals surface area contributed by atoms with Gasteiger partial charge in [-0.2, -0.15) is 5.26 Å². The fourth-order valence-electron chi connectivity index (χ4n) is 1.39. The number of allylic oxidation sites excluding steroid dienone is 1. The van der Waals surface area contributed by atoms with Crippen LogP contribution in [0.5, 0.6) is 0 Å². The summed E-state index contributed by atoms with van der Waals surface area (Å²) in [6.45, 7) is 5.75. The molecule has 0 atom stereocenters. The van der Waals surface area contributed by atoms with E-state index in [9.17, 15) is 8.42 Å². The van der Waals surface area contributed by atoms with Gasteiger partial charge < -0.3 is 0 Å². The van der Waals surface area contributed by atoms with E-state index < -0.39 is 10.0 Å². The molecule has 1 aromatic rings. The van der Waals surface area contributed by atoms with Crippen LogP contribution in [0.25, 0.3) is 0 Å². The zero-order valence-electron chi connectivity index (χ0n) is 10.7. The predicted molar refractivity (Wildman–Crippen MR) is 70.5 cm³/mol. The largest absolute Gasteiger partial charge is 0.241 e. The van der Waals surface area contributed by atoms with Crippen LogP contribution in [0.3, 0.4) is 0 Å². The first kappa shape index (κ1) is 14.4. The highest BCUT2D eigenvalue weighted by Crippen LogP contribution is 2.16. The third-order valence-corrected chi connectivity index (χ3v) is 3.96. The van der Waals surface area contributed by atoms with Gasteiger partial charge in [0.25, 0.3) is 0 Å². The Bertz CT molecular complexity index is 606. The van der Waals surface area contributed by atoms with Crippen molar-refractivity contribution in [2.24, 2.45) is 0 Å². The van der Waals surface area contributed by atoms with Gasteiger partial charge in [0.05, 0.1) is 16.5 Å². The highest BCUT2D eigenvalue weighted by molar-refractivity contribution is 7.89. The molecule has 0 saturated carbocycles. The first-order valence-electron chi connectivity index (χ1n) is 5.50. The first-order valence-corrected chi connectivity index (χ1v) is 6.99. The Balaban J connectivity index is 3.05. The molecule has 0 amide bonds. The van der Waals surface area contributed by atoms with E-state index in [0.717, 1.165) is 5.57 Å². The second-order valence-electron chi connectivity index (χ2n) is 4.23. The van der Waals surface area contributed by atoms with Crippen molar-refractivity contribution in [3.05, 3.63) is 41.0 Å². The van der Waals surface area contributed by atoms with Gasteiger partial charge in [-0.05, 0) is 38.5 Å². The van der Waals surface area contributed by atoms with Crippen molar-refractivity contribution in [2.45, 2.75) is 25.7 Å². The molecule has 0 unspecified atom stereocenters. The molecule has 18 heavy (non-hydrogen) atoms. The molecule has 0 aliphatic rings. The maximum Gasteiger partial charge on any atom is 0.241 e. The Labute approximate surface area is 108 Å². The van der Waals surface area contributed by atoms with Crippen LogP contribution in [0.4, 0.5) is 0 Å². The maximum atomic E-state index is 12.1. The van der Waals surface area contributed by atoms with Crippen molar-refractivity contribution in [3.8, 4) is 6.07 Å². The quantitative estimate of drug-likeness (QED) is 0.847. The number of nitriles is 1. The van der Waals surface area contributed by atoms with Gasteiger partial charge in [0.1, 0.15) is 0 Å². The van der Waals surface area contributed by atoms with Crippen LogP contribution in [0.1, 0.15) is 25.0 Å². The number of rotatable bonds is 4. The average Bonchev–Trinajstić information content (AvgIpc) is 2.28. The molecular formula is C13H16N2O2S. The molecule has 0 aliphatic heterocycles. The SMILES string of the molecule is CC(C)=CCNS(=O)(=O)c1cc(C#N)ccc1C. The number of nitrogens with zero attached hydrogens (tertiary/aromatic N) is 1. The zero-order valence-corrected chi connectivity index (χ0v) is 11.5. The minimum absolute atomic E-state index is 0.156. The van der Waals surface area contributed by atoms with Gasteiger partial charge >= 0.3 is 0 Å². The summed E-state index contributed by atoms with van der Waals surface area (Å²) in [5.74, 6) is 0. The highest BCUT2D eigenvalue weighted by atomic mass is 32.2. The Hall–Kier alpha value is -1.64. The van der Waals surface area contributed by atoms with E-state index in [1.165, 1.54) is 6.07 Å². The van der Waals surface area contributed by atoms with Crippen molar-refractivity contribution in [2.75, 3.05) is 6.54 Å². The van der Waals surface area contributed by atoms with Crippen molar-refractivity contribution in [1.82, 2.24) is 4.72 Å². The van der Waals surface area contributed by atoms with Crippen LogP contribution in [0.15, 0.2) is 34.7 Å². The molecule has 1 aromatic carbocycles. The number of nitrogens with one attached hydrogen (secondary N) is 1. The van der Waals surface area contributed by atoms with E-state index in [0.29, 0.717) is 11.1 Å². The van der Waals surface area contributed by atoms with Crippen LogP contribution >= 0.6 is 0 Å². The third kappa shape index (κ3) is 3.69. The standard InChI is InChI=1S/C13H16N2O2S/c1-10(2)6-7-15-18(16,17)13-8-12(9-14)5-4-11(13)3/h4-6,8,15H,7H2,1-3H3. The highest BCUT2D eigenvalue weighted by Gasteiger charge is 2.16.